The van der Waals surface area contributed by atoms with E-state index in [0.29, 0.717) is 18.5 Å². The molecule has 3 N–H and O–H groups in total. The fourth-order valence-electron chi connectivity index (χ4n) is 1.77. The number of nitrogens with one attached hydrogen (secondary N) is 1. The van der Waals surface area contributed by atoms with Gasteiger partial charge in [-0.3, -0.25) is 9.48 Å². The van der Waals surface area contributed by atoms with Crippen molar-refractivity contribution >= 4 is 28.8 Å². The lowest BCUT2D eigenvalue weighted by Crippen LogP contribution is -2.45. The molecule has 1 heterocycles. The average Bonchev–Trinajstić information content (AvgIpc) is 2.66. The second-order valence-corrected chi connectivity index (χ2v) is 4.45. The number of anilines is 1. The quantitative estimate of drug-likeness (QED) is 0.780. The predicted octanol–water partition coefficient (Wildman–Crippen LogP) is 1.45. The maximum Gasteiger partial charge on any atom is 0.237 e. The molecule has 1 rings (SSSR count). The number of thiocarbonyl (C=S) groups is 1. The minimum Gasteiger partial charge on any atom is -0.392 e. The van der Waals surface area contributed by atoms with Gasteiger partial charge in [0, 0.05) is 13.2 Å². The summed E-state index contributed by atoms with van der Waals surface area (Å²) < 4.78 is 1.62. The van der Waals surface area contributed by atoms with Crippen LogP contribution in [0.15, 0.2) is 12.4 Å². The third-order valence-corrected chi connectivity index (χ3v) is 3.47. The van der Waals surface area contributed by atoms with Gasteiger partial charge in [-0.2, -0.15) is 5.10 Å². The van der Waals surface area contributed by atoms with Gasteiger partial charge in [-0.25, -0.2) is 0 Å². The highest BCUT2D eigenvalue weighted by Gasteiger charge is 2.38. The van der Waals surface area contributed by atoms with Crippen LogP contribution in [0, 0.1) is 5.41 Å². The van der Waals surface area contributed by atoms with Crippen LogP contribution in [0.3, 0.4) is 0 Å². The predicted molar refractivity (Wildman–Crippen MR) is 71.6 cm³/mol. The molecule has 0 aliphatic carbocycles. The second-order valence-electron chi connectivity index (χ2n) is 4.01. The summed E-state index contributed by atoms with van der Waals surface area (Å²) >= 11 is 5.02. The molecule has 0 saturated heterocycles. The molecule has 0 aromatic carbocycles. The Morgan fingerprint density at radius 2 is 2.18 bits per heavy atom. The molecule has 17 heavy (non-hydrogen) atoms. The Kier molecular flexibility index (Phi) is 4.22. The zero-order valence-electron chi connectivity index (χ0n) is 10.4. The fraction of sp³-hybridized carbons (Fsp3) is 0.545. The Balaban J connectivity index is 2.90. The molecule has 5 nitrogen and oxygen atoms in total. The lowest BCUT2D eigenvalue weighted by Gasteiger charge is -2.28. The number of hydrogen-bond acceptors (Lipinski definition) is 3. The molecule has 6 heteroatoms. The van der Waals surface area contributed by atoms with Crippen LogP contribution >= 0.6 is 12.2 Å². The number of nitrogens with zero attached hydrogens (tertiary/aromatic N) is 2. The van der Waals surface area contributed by atoms with Crippen molar-refractivity contribution in [1.82, 2.24) is 9.78 Å². The molecule has 0 atom stereocenters. The van der Waals surface area contributed by atoms with E-state index in [4.69, 9.17) is 18.0 Å². The van der Waals surface area contributed by atoms with Crippen LogP contribution in [0.25, 0.3) is 0 Å². The minimum atomic E-state index is -0.773. The van der Waals surface area contributed by atoms with E-state index in [9.17, 15) is 4.79 Å². The summed E-state index contributed by atoms with van der Waals surface area (Å²) in [5.41, 5.74) is 5.58. The molecule has 0 fully saturated rings. The van der Waals surface area contributed by atoms with Crippen molar-refractivity contribution in [2.75, 3.05) is 5.32 Å². The van der Waals surface area contributed by atoms with Crippen LogP contribution in [0.1, 0.15) is 26.7 Å². The zero-order chi connectivity index (χ0) is 13.1. The van der Waals surface area contributed by atoms with Crippen molar-refractivity contribution in [3.8, 4) is 0 Å². The first-order valence-electron chi connectivity index (χ1n) is 5.56. The maximum absolute atomic E-state index is 12.2. The van der Waals surface area contributed by atoms with Gasteiger partial charge in [-0.15, -0.1) is 0 Å². The highest BCUT2D eigenvalue weighted by Crippen LogP contribution is 2.28. The molecule has 0 aliphatic heterocycles. The molecule has 0 spiro atoms. The smallest absolute Gasteiger partial charge is 0.237 e. The van der Waals surface area contributed by atoms with Crippen molar-refractivity contribution in [2.45, 2.75) is 26.7 Å². The molecule has 1 aromatic rings. The van der Waals surface area contributed by atoms with Crippen LogP contribution in [-0.4, -0.2) is 20.7 Å². The van der Waals surface area contributed by atoms with Crippen molar-refractivity contribution in [3.05, 3.63) is 12.4 Å². The van der Waals surface area contributed by atoms with Gasteiger partial charge >= 0.3 is 0 Å². The highest BCUT2D eigenvalue weighted by molar-refractivity contribution is 7.80. The number of hydrogen-bond donors (Lipinski definition) is 2. The Hall–Kier alpha value is -1.43. The van der Waals surface area contributed by atoms with E-state index in [1.807, 2.05) is 13.8 Å². The van der Waals surface area contributed by atoms with E-state index in [-0.39, 0.29) is 10.9 Å². The number of rotatable bonds is 5. The molecule has 0 radical (unpaired) electrons. The molecule has 0 bridgehead atoms. The van der Waals surface area contributed by atoms with E-state index >= 15 is 0 Å². The summed E-state index contributed by atoms with van der Waals surface area (Å²) in [5, 5.41) is 6.78. The van der Waals surface area contributed by atoms with Gasteiger partial charge < -0.3 is 11.1 Å². The lowest BCUT2D eigenvalue weighted by atomic mass is 9.81. The standard InChI is InChI=1S/C11H18N4OS/c1-4-11(5-2,9(12)17)10(16)14-8-6-13-15(3)7-8/h6-7H,4-5H2,1-3H3,(H2,12,17)(H,14,16). The van der Waals surface area contributed by atoms with Crippen LogP contribution in [0.2, 0.25) is 0 Å². The van der Waals surface area contributed by atoms with Crippen molar-refractivity contribution in [3.63, 3.8) is 0 Å². The van der Waals surface area contributed by atoms with Crippen molar-refractivity contribution in [1.29, 1.82) is 0 Å². The van der Waals surface area contributed by atoms with E-state index in [2.05, 4.69) is 10.4 Å². The van der Waals surface area contributed by atoms with Gasteiger partial charge in [0.2, 0.25) is 5.91 Å². The Morgan fingerprint density at radius 3 is 2.53 bits per heavy atom. The van der Waals surface area contributed by atoms with E-state index in [1.54, 1.807) is 24.1 Å². The molecule has 1 amide bonds. The van der Waals surface area contributed by atoms with Gasteiger partial charge in [-0.05, 0) is 12.8 Å². The first-order valence-corrected chi connectivity index (χ1v) is 5.97. The highest BCUT2D eigenvalue weighted by atomic mass is 32.1. The third-order valence-electron chi connectivity index (χ3n) is 3.08. The zero-order valence-corrected chi connectivity index (χ0v) is 11.2. The average molecular weight is 254 g/mol. The van der Waals surface area contributed by atoms with Gasteiger partial charge in [0.1, 0.15) is 0 Å². The van der Waals surface area contributed by atoms with Gasteiger partial charge in [0.15, 0.2) is 0 Å². The lowest BCUT2D eigenvalue weighted by molar-refractivity contribution is -0.122. The largest absolute Gasteiger partial charge is 0.392 e. The number of amides is 1. The molecule has 1 aromatic heterocycles. The number of aryl methyl sites for hydroxylation is 1. The number of nitrogens with two attached hydrogens (primary N) is 1. The summed E-state index contributed by atoms with van der Waals surface area (Å²) in [6.45, 7) is 3.82. The summed E-state index contributed by atoms with van der Waals surface area (Å²) in [6, 6.07) is 0. The molecular formula is C11H18N4OS. The normalized spacial score (nSPS) is 11.2. The van der Waals surface area contributed by atoms with Gasteiger partial charge in [0.25, 0.3) is 0 Å². The Morgan fingerprint density at radius 1 is 1.59 bits per heavy atom. The van der Waals surface area contributed by atoms with Gasteiger partial charge in [-0.1, -0.05) is 26.1 Å². The number of carbonyl (C=O) groups is 1. The summed E-state index contributed by atoms with van der Waals surface area (Å²) in [7, 11) is 1.79. The summed E-state index contributed by atoms with van der Waals surface area (Å²) in [4.78, 5) is 12.5. The topological polar surface area (TPSA) is 72.9 Å². The number of carbonyl (C=O) groups excluding carboxylic acids is 1. The van der Waals surface area contributed by atoms with E-state index < -0.39 is 5.41 Å². The maximum atomic E-state index is 12.2. The SMILES string of the molecule is CCC(CC)(C(=O)Nc1cnn(C)c1)C(N)=S. The fourth-order valence-corrected chi connectivity index (χ4v) is 2.15. The Bertz CT molecular complexity index is 423. The van der Waals surface area contributed by atoms with Crippen LogP contribution in [-0.2, 0) is 11.8 Å². The van der Waals surface area contributed by atoms with E-state index in [1.165, 1.54) is 0 Å². The van der Waals surface area contributed by atoms with Crippen LogP contribution < -0.4 is 11.1 Å². The molecule has 0 saturated carbocycles. The van der Waals surface area contributed by atoms with Crippen molar-refractivity contribution < 1.29 is 4.79 Å². The van der Waals surface area contributed by atoms with Crippen LogP contribution in [0.4, 0.5) is 5.69 Å². The molecule has 0 unspecified atom stereocenters. The van der Waals surface area contributed by atoms with Crippen LogP contribution in [0.5, 0.6) is 0 Å². The first kappa shape index (κ1) is 13.6. The minimum absolute atomic E-state index is 0.164. The summed E-state index contributed by atoms with van der Waals surface area (Å²) in [5.74, 6) is -0.164. The molecule has 94 valence electrons. The molecule has 0 aliphatic rings. The summed E-state index contributed by atoms with van der Waals surface area (Å²) in [6.07, 6.45) is 4.50. The van der Waals surface area contributed by atoms with Crippen molar-refractivity contribution in [2.24, 2.45) is 18.2 Å². The number of aromatic nitrogens is 2. The third kappa shape index (κ3) is 2.63. The Labute approximate surface area is 106 Å². The van der Waals surface area contributed by atoms with Gasteiger partial charge in [0.05, 0.1) is 22.3 Å². The first-order chi connectivity index (χ1) is 7.96. The van der Waals surface area contributed by atoms with E-state index in [0.717, 1.165) is 0 Å². The molecular weight excluding hydrogens is 236 g/mol. The second kappa shape index (κ2) is 5.27. The monoisotopic (exact) mass is 254 g/mol.